The van der Waals surface area contributed by atoms with Crippen molar-refractivity contribution in [3.8, 4) is 34.0 Å². The molecule has 0 atom stereocenters. The highest BCUT2D eigenvalue weighted by Crippen LogP contribution is 2.34. The Morgan fingerprint density at radius 2 is 1.38 bits per heavy atom. The first kappa shape index (κ1) is 23.4. The first-order chi connectivity index (χ1) is 16.2. The number of nitrogens with zero attached hydrogens (tertiary/aromatic N) is 2. The maximum atomic E-state index is 6.55. The fourth-order valence-electron chi connectivity index (χ4n) is 3.86. The van der Waals surface area contributed by atoms with Crippen LogP contribution in [0.1, 0.15) is 5.69 Å². The van der Waals surface area contributed by atoms with Crippen molar-refractivity contribution in [3.05, 3.63) is 120 Å². The molecular formula is C28H23Cl2N3O. The van der Waals surface area contributed by atoms with E-state index >= 15 is 0 Å². The monoisotopic (exact) mass is 487 g/mol. The molecule has 0 spiro atoms. The summed E-state index contributed by atoms with van der Waals surface area (Å²) in [4.78, 5) is 4.50. The summed E-state index contributed by atoms with van der Waals surface area (Å²) in [5, 5.41) is 0.704. The Hall–Kier alpha value is -3.73. The minimum atomic E-state index is 0. The van der Waals surface area contributed by atoms with E-state index in [1.165, 1.54) is 0 Å². The molecule has 170 valence electrons. The van der Waals surface area contributed by atoms with Gasteiger partial charge in [-0.25, -0.2) is 4.98 Å². The van der Waals surface area contributed by atoms with E-state index in [-0.39, 0.29) is 12.4 Å². The minimum absolute atomic E-state index is 0. The summed E-state index contributed by atoms with van der Waals surface area (Å²) in [5.74, 6) is 2.09. The number of aromatic nitrogens is 2. The van der Waals surface area contributed by atoms with E-state index in [0.717, 1.165) is 39.7 Å². The average molecular weight is 488 g/mol. The Kier molecular flexibility index (Phi) is 7.21. The van der Waals surface area contributed by atoms with E-state index in [0.29, 0.717) is 17.4 Å². The van der Waals surface area contributed by atoms with Crippen molar-refractivity contribution in [2.45, 2.75) is 6.54 Å². The minimum Gasteiger partial charge on any atom is -0.457 e. The smallest absolute Gasteiger partial charge is 0.127 e. The second-order valence-electron chi connectivity index (χ2n) is 7.66. The van der Waals surface area contributed by atoms with Gasteiger partial charge in [0.25, 0.3) is 0 Å². The molecule has 0 bridgehead atoms. The number of nitrogens with two attached hydrogens (primary N) is 1. The van der Waals surface area contributed by atoms with E-state index in [1.54, 1.807) is 6.07 Å². The van der Waals surface area contributed by atoms with E-state index in [4.69, 9.17) is 22.1 Å². The second kappa shape index (κ2) is 10.5. The fraction of sp³-hybridized carbons (Fsp3) is 0.0357. The lowest BCUT2D eigenvalue weighted by Gasteiger charge is -2.15. The van der Waals surface area contributed by atoms with Crippen LogP contribution in [0, 0.1) is 0 Å². The molecule has 0 saturated heterocycles. The van der Waals surface area contributed by atoms with Gasteiger partial charge < -0.3 is 15.0 Å². The zero-order chi connectivity index (χ0) is 22.6. The number of anilines is 1. The zero-order valence-corrected chi connectivity index (χ0v) is 19.8. The van der Waals surface area contributed by atoms with Gasteiger partial charge in [0.15, 0.2) is 0 Å². The number of pyridine rings is 1. The third-order valence-corrected chi connectivity index (χ3v) is 5.74. The first-order valence-electron chi connectivity index (χ1n) is 10.7. The summed E-state index contributed by atoms with van der Waals surface area (Å²) in [6.07, 6.45) is 0. The van der Waals surface area contributed by atoms with Gasteiger partial charge in [-0.2, -0.15) is 0 Å². The largest absolute Gasteiger partial charge is 0.457 e. The van der Waals surface area contributed by atoms with Crippen molar-refractivity contribution < 1.29 is 4.74 Å². The summed E-state index contributed by atoms with van der Waals surface area (Å²) in [6.45, 7) is 0.566. The Labute approximate surface area is 210 Å². The molecule has 3 aromatic carbocycles. The number of ether oxygens (including phenoxy) is 1. The van der Waals surface area contributed by atoms with Crippen molar-refractivity contribution >= 4 is 29.8 Å². The highest BCUT2D eigenvalue weighted by Gasteiger charge is 2.15. The van der Waals surface area contributed by atoms with Gasteiger partial charge in [0.2, 0.25) is 0 Å². The van der Waals surface area contributed by atoms with Gasteiger partial charge in [0.05, 0.1) is 17.9 Å². The molecule has 0 amide bonds. The number of benzene rings is 3. The second-order valence-corrected chi connectivity index (χ2v) is 8.07. The van der Waals surface area contributed by atoms with Crippen molar-refractivity contribution in [2.24, 2.45) is 0 Å². The molecule has 0 saturated carbocycles. The van der Waals surface area contributed by atoms with Crippen molar-refractivity contribution in [1.82, 2.24) is 9.55 Å². The SMILES string of the molecule is Cl.Nc1cccc(Cn2c(-c3ccc(Oc4ccccc4)cc3)ccc2-c2ccccc2Cl)n1. The van der Waals surface area contributed by atoms with E-state index in [1.807, 2.05) is 78.9 Å². The summed E-state index contributed by atoms with van der Waals surface area (Å²) < 4.78 is 8.17. The third kappa shape index (κ3) is 5.09. The van der Waals surface area contributed by atoms with Gasteiger partial charge in [0, 0.05) is 16.3 Å². The summed E-state index contributed by atoms with van der Waals surface area (Å²) >= 11 is 6.55. The maximum Gasteiger partial charge on any atom is 0.127 e. The number of hydrogen-bond donors (Lipinski definition) is 1. The molecule has 0 fully saturated rings. The molecule has 2 aromatic heterocycles. The zero-order valence-electron chi connectivity index (χ0n) is 18.3. The standard InChI is InChI=1S/C28H22ClN3O.ClH/c29-25-11-5-4-10-24(25)27-18-17-26(32(27)19-21-7-6-12-28(30)31-21)20-13-15-23(16-14-20)33-22-8-2-1-3-9-22;/h1-18H,19H2,(H2,30,31);1H. The highest BCUT2D eigenvalue weighted by molar-refractivity contribution is 6.33. The van der Waals surface area contributed by atoms with Crippen LogP contribution in [-0.2, 0) is 6.54 Å². The molecular weight excluding hydrogens is 465 g/mol. The van der Waals surface area contributed by atoms with Crippen LogP contribution in [0.2, 0.25) is 5.02 Å². The topological polar surface area (TPSA) is 53.1 Å². The van der Waals surface area contributed by atoms with Gasteiger partial charge in [-0.15, -0.1) is 12.4 Å². The van der Waals surface area contributed by atoms with Crippen LogP contribution in [0.3, 0.4) is 0 Å². The van der Waals surface area contributed by atoms with Crippen LogP contribution in [0.4, 0.5) is 5.82 Å². The Bertz CT molecular complexity index is 1380. The van der Waals surface area contributed by atoms with Crippen molar-refractivity contribution in [2.75, 3.05) is 5.73 Å². The highest BCUT2D eigenvalue weighted by atomic mass is 35.5. The Balaban J connectivity index is 0.00000274. The van der Waals surface area contributed by atoms with Gasteiger partial charge >= 0.3 is 0 Å². The molecule has 2 N–H and O–H groups in total. The molecule has 5 aromatic rings. The summed E-state index contributed by atoms with van der Waals surface area (Å²) in [5.41, 5.74) is 10.9. The quantitative estimate of drug-likeness (QED) is 0.266. The van der Waals surface area contributed by atoms with Gasteiger partial charge in [-0.3, -0.25) is 0 Å². The average Bonchev–Trinajstić information content (AvgIpc) is 3.24. The molecule has 34 heavy (non-hydrogen) atoms. The van der Waals surface area contributed by atoms with Gasteiger partial charge in [0.1, 0.15) is 17.3 Å². The Morgan fingerprint density at radius 3 is 2.12 bits per heavy atom. The molecule has 2 heterocycles. The van der Waals surface area contributed by atoms with Crippen LogP contribution >= 0.6 is 24.0 Å². The predicted octanol–water partition coefficient (Wildman–Crippen LogP) is 7.72. The number of nitrogen functional groups attached to an aromatic ring is 1. The van der Waals surface area contributed by atoms with Crippen molar-refractivity contribution in [1.29, 1.82) is 0 Å². The van der Waals surface area contributed by atoms with Crippen LogP contribution in [0.5, 0.6) is 11.5 Å². The number of hydrogen-bond acceptors (Lipinski definition) is 3. The molecule has 0 aliphatic carbocycles. The third-order valence-electron chi connectivity index (χ3n) is 5.41. The maximum absolute atomic E-state index is 6.55. The number of halogens is 2. The summed E-state index contributed by atoms with van der Waals surface area (Å²) in [6, 6.07) is 35.6. The van der Waals surface area contributed by atoms with E-state index in [2.05, 4.69) is 33.8 Å². The van der Waals surface area contributed by atoms with E-state index in [9.17, 15) is 0 Å². The van der Waals surface area contributed by atoms with Crippen LogP contribution in [0.15, 0.2) is 109 Å². The molecule has 4 nitrogen and oxygen atoms in total. The molecule has 0 unspecified atom stereocenters. The Morgan fingerprint density at radius 1 is 0.706 bits per heavy atom. The fourth-order valence-corrected chi connectivity index (χ4v) is 4.09. The predicted molar refractivity (Wildman–Crippen MR) is 142 cm³/mol. The van der Waals surface area contributed by atoms with Crippen molar-refractivity contribution in [3.63, 3.8) is 0 Å². The van der Waals surface area contributed by atoms with Gasteiger partial charge in [-0.1, -0.05) is 54.1 Å². The number of para-hydroxylation sites is 1. The molecule has 0 radical (unpaired) electrons. The molecule has 0 aliphatic rings. The summed E-state index contributed by atoms with van der Waals surface area (Å²) in [7, 11) is 0. The van der Waals surface area contributed by atoms with Crippen LogP contribution in [0.25, 0.3) is 22.5 Å². The molecule has 5 rings (SSSR count). The van der Waals surface area contributed by atoms with Crippen LogP contribution in [-0.4, -0.2) is 9.55 Å². The van der Waals surface area contributed by atoms with Crippen LogP contribution < -0.4 is 10.5 Å². The van der Waals surface area contributed by atoms with E-state index < -0.39 is 0 Å². The molecule has 0 aliphatic heterocycles. The van der Waals surface area contributed by atoms with Gasteiger partial charge in [-0.05, 0) is 72.3 Å². The first-order valence-corrected chi connectivity index (χ1v) is 11.0. The lowest BCUT2D eigenvalue weighted by Crippen LogP contribution is -2.06. The molecule has 6 heteroatoms. The normalized spacial score (nSPS) is 10.5. The lowest BCUT2D eigenvalue weighted by molar-refractivity contribution is 0.483. The number of rotatable bonds is 6. The lowest BCUT2D eigenvalue weighted by atomic mass is 10.1.